The van der Waals surface area contributed by atoms with Gasteiger partial charge in [-0.3, -0.25) is 4.79 Å². The molecule has 17 heavy (non-hydrogen) atoms. The fourth-order valence-electron chi connectivity index (χ4n) is 2.32. The summed E-state index contributed by atoms with van der Waals surface area (Å²) in [6.07, 6.45) is 3.38. The molecule has 2 rings (SSSR count). The zero-order chi connectivity index (χ0) is 12.1. The largest absolute Gasteiger partial charge is 0.481 e. The molecule has 0 aromatic heterocycles. The first-order chi connectivity index (χ1) is 8.23. The Morgan fingerprint density at radius 1 is 1.29 bits per heavy atom. The molecule has 2 aliphatic rings. The van der Waals surface area contributed by atoms with Crippen LogP contribution < -0.4 is 5.32 Å². The van der Waals surface area contributed by atoms with Gasteiger partial charge in [0.15, 0.2) is 0 Å². The standard InChI is InChI=1S/C12H21NO4/c14-11(15)12(8-17-9-12)7-13-4-1-10-2-5-16-6-3-10/h10,13H,1-9H2,(H,14,15). The number of carboxylic acid groups (broad SMARTS) is 1. The molecule has 5 heteroatoms. The highest BCUT2D eigenvalue weighted by Crippen LogP contribution is 2.27. The first-order valence-electron chi connectivity index (χ1n) is 6.32. The summed E-state index contributed by atoms with van der Waals surface area (Å²) in [5.74, 6) is -0.0167. The summed E-state index contributed by atoms with van der Waals surface area (Å²) >= 11 is 0. The summed E-state index contributed by atoms with van der Waals surface area (Å²) in [4.78, 5) is 11.1. The second-order valence-electron chi connectivity index (χ2n) is 5.10. The molecule has 0 atom stereocenters. The minimum Gasteiger partial charge on any atom is -0.481 e. The van der Waals surface area contributed by atoms with Crippen LogP contribution in [0.1, 0.15) is 19.3 Å². The summed E-state index contributed by atoms with van der Waals surface area (Å²) < 4.78 is 10.3. The van der Waals surface area contributed by atoms with Crippen molar-refractivity contribution >= 4 is 5.97 Å². The van der Waals surface area contributed by atoms with Crippen LogP contribution in [0.3, 0.4) is 0 Å². The van der Waals surface area contributed by atoms with E-state index in [4.69, 9.17) is 14.6 Å². The lowest BCUT2D eigenvalue weighted by atomic mass is 9.86. The first-order valence-corrected chi connectivity index (χ1v) is 6.32. The van der Waals surface area contributed by atoms with E-state index in [2.05, 4.69) is 5.32 Å². The third kappa shape index (κ3) is 3.18. The number of hydrogen-bond donors (Lipinski definition) is 2. The van der Waals surface area contributed by atoms with Gasteiger partial charge in [-0.2, -0.15) is 0 Å². The molecule has 0 aromatic rings. The Balaban J connectivity index is 1.60. The lowest BCUT2D eigenvalue weighted by molar-refractivity contribution is -0.178. The van der Waals surface area contributed by atoms with Gasteiger partial charge >= 0.3 is 5.97 Å². The third-order valence-corrected chi connectivity index (χ3v) is 3.74. The number of carbonyl (C=O) groups is 1. The van der Waals surface area contributed by atoms with E-state index in [1.807, 2.05) is 0 Å². The highest BCUT2D eigenvalue weighted by atomic mass is 16.5. The van der Waals surface area contributed by atoms with E-state index in [9.17, 15) is 4.79 Å². The van der Waals surface area contributed by atoms with E-state index >= 15 is 0 Å². The predicted molar refractivity (Wildman–Crippen MR) is 61.9 cm³/mol. The molecule has 2 aliphatic heterocycles. The number of nitrogens with one attached hydrogen (secondary N) is 1. The molecule has 0 saturated carbocycles. The van der Waals surface area contributed by atoms with Crippen molar-refractivity contribution in [1.82, 2.24) is 5.32 Å². The van der Waals surface area contributed by atoms with Crippen molar-refractivity contribution in [3.8, 4) is 0 Å². The van der Waals surface area contributed by atoms with Crippen LogP contribution in [0.15, 0.2) is 0 Å². The lowest BCUT2D eigenvalue weighted by Gasteiger charge is -2.37. The van der Waals surface area contributed by atoms with Crippen LogP contribution in [-0.4, -0.2) is 50.6 Å². The normalized spacial score (nSPS) is 24.2. The van der Waals surface area contributed by atoms with Crippen LogP contribution in [0.5, 0.6) is 0 Å². The van der Waals surface area contributed by atoms with Crippen LogP contribution >= 0.6 is 0 Å². The number of aliphatic carboxylic acids is 1. The van der Waals surface area contributed by atoms with E-state index in [0.717, 1.165) is 44.9 Å². The van der Waals surface area contributed by atoms with Crippen LogP contribution in [0.25, 0.3) is 0 Å². The van der Waals surface area contributed by atoms with E-state index in [0.29, 0.717) is 19.8 Å². The van der Waals surface area contributed by atoms with E-state index in [-0.39, 0.29) is 0 Å². The Morgan fingerprint density at radius 2 is 2.00 bits per heavy atom. The number of rotatable bonds is 6. The van der Waals surface area contributed by atoms with E-state index in [1.165, 1.54) is 0 Å². The predicted octanol–water partition coefficient (Wildman–Crippen LogP) is 0.494. The molecule has 0 aliphatic carbocycles. The lowest BCUT2D eigenvalue weighted by Crippen LogP contribution is -2.55. The molecule has 2 saturated heterocycles. The van der Waals surface area contributed by atoms with Gasteiger partial charge in [-0.25, -0.2) is 0 Å². The molecular formula is C12H21NO4. The van der Waals surface area contributed by atoms with Crippen LogP contribution in [-0.2, 0) is 14.3 Å². The fourth-order valence-corrected chi connectivity index (χ4v) is 2.32. The Kier molecular flexibility index (Phi) is 4.36. The van der Waals surface area contributed by atoms with Gasteiger partial charge < -0.3 is 19.9 Å². The van der Waals surface area contributed by atoms with Crippen molar-refractivity contribution in [1.29, 1.82) is 0 Å². The van der Waals surface area contributed by atoms with Gasteiger partial charge in [0.25, 0.3) is 0 Å². The van der Waals surface area contributed by atoms with Crippen molar-refractivity contribution < 1.29 is 19.4 Å². The molecule has 98 valence electrons. The maximum Gasteiger partial charge on any atom is 0.315 e. The third-order valence-electron chi connectivity index (χ3n) is 3.74. The quantitative estimate of drug-likeness (QED) is 0.665. The topological polar surface area (TPSA) is 67.8 Å². The SMILES string of the molecule is O=C(O)C1(CNCCC2CCOCC2)COC1. The van der Waals surface area contributed by atoms with E-state index < -0.39 is 11.4 Å². The zero-order valence-corrected chi connectivity index (χ0v) is 10.1. The van der Waals surface area contributed by atoms with E-state index in [1.54, 1.807) is 0 Å². The smallest absolute Gasteiger partial charge is 0.315 e. The molecule has 2 heterocycles. The average molecular weight is 243 g/mol. The molecule has 0 aromatic carbocycles. The van der Waals surface area contributed by atoms with Crippen molar-refractivity contribution in [3.63, 3.8) is 0 Å². The summed E-state index contributed by atoms with van der Waals surface area (Å²) in [6.45, 7) is 3.83. The molecule has 2 fully saturated rings. The summed E-state index contributed by atoms with van der Waals surface area (Å²) in [5.41, 5.74) is -0.671. The van der Waals surface area contributed by atoms with Crippen LogP contribution in [0, 0.1) is 11.3 Å². The second kappa shape index (κ2) is 5.80. The van der Waals surface area contributed by atoms with Gasteiger partial charge in [-0.1, -0.05) is 0 Å². The minimum atomic E-state index is -0.748. The number of carboxylic acids is 1. The number of hydrogen-bond acceptors (Lipinski definition) is 4. The van der Waals surface area contributed by atoms with Crippen molar-refractivity contribution in [2.75, 3.05) is 39.5 Å². The molecule has 5 nitrogen and oxygen atoms in total. The van der Waals surface area contributed by atoms with Crippen LogP contribution in [0.2, 0.25) is 0 Å². The second-order valence-corrected chi connectivity index (χ2v) is 5.10. The van der Waals surface area contributed by atoms with Crippen molar-refractivity contribution in [2.45, 2.75) is 19.3 Å². The molecular weight excluding hydrogens is 222 g/mol. The summed E-state index contributed by atoms with van der Waals surface area (Å²) in [5, 5.41) is 12.4. The average Bonchev–Trinajstić information content (AvgIpc) is 2.27. The Bertz CT molecular complexity index is 259. The van der Waals surface area contributed by atoms with Gasteiger partial charge in [-0.15, -0.1) is 0 Å². The van der Waals surface area contributed by atoms with Crippen LogP contribution in [0.4, 0.5) is 0 Å². The highest BCUT2D eigenvalue weighted by Gasteiger charge is 2.45. The highest BCUT2D eigenvalue weighted by molar-refractivity contribution is 5.76. The maximum absolute atomic E-state index is 11.1. The van der Waals surface area contributed by atoms with Gasteiger partial charge in [0.05, 0.1) is 13.2 Å². The molecule has 2 N–H and O–H groups in total. The Morgan fingerprint density at radius 3 is 2.53 bits per heavy atom. The first kappa shape index (κ1) is 12.8. The van der Waals surface area contributed by atoms with Gasteiger partial charge in [0, 0.05) is 19.8 Å². The Hall–Kier alpha value is -0.650. The minimum absolute atomic E-state index is 0.340. The fraction of sp³-hybridized carbons (Fsp3) is 0.917. The monoisotopic (exact) mass is 243 g/mol. The Labute approximate surface area is 101 Å². The summed E-state index contributed by atoms with van der Waals surface area (Å²) in [7, 11) is 0. The van der Waals surface area contributed by atoms with Gasteiger partial charge in [-0.05, 0) is 31.7 Å². The molecule has 0 radical (unpaired) electrons. The molecule has 0 spiro atoms. The molecule has 0 unspecified atom stereocenters. The number of ether oxygens (including phenoxy) is 2. The van der Waals surface area contributed by atoms with Crippen molar-refractivity contribution in [3.05, 3.63) is 0 Å². The maximum atomic E-state index is 11.1. The summed E-state index contributed by atoms with van der Waals surface area (Å²) in [6, 6.07) is 0. The van der Waals surface area contributed by atoms with Crippen molar-refractivity contribution in [2.24, 2.45) is 11.3 Å². The van der Waals surface area contributed by atoms with Gasteiger partial charge in [0.2, 0.25) is 0 Å². The zero-order valence-electron chi connectivity index (χ0n) is 10.1. The molecule has 0 bridgehead atoms. The molecule has 0 amide bonds. The van der Waals surface area contributed by atoms with Gasteiger partial charge in [0.1, 0.15) is 5.41 Å².